The molecule has 0 N–H and O–H groups in total. The van der Waals surface area contributed by atoms with E-state index in [1.165, 1.54) is 5.56 Å². The number of halogens is 1. The molecule has 3 aromatic heterocycles. The summed E-state index contributed by atoms with van der Waals surface area (Å²) >= 11 is 3.70. The van der Waals surface area contributed by atoms with Gasteiger partial charge in [0, 0.05) is 45.1 Å². The molecule has 0 amide bonds. The van der Waals surface area contributed by atoms with Crippen molar-refractivity contribution in [3.05, 3.63) is 138 Å². The van der Waals surface area contributed by atoms with Crippen LogP contribution in [0, 0.1) is 0 Å². The topological polar surface area (TPSA) is 64.5 Å². The van der Waals surface area contributed by atoms with Crippen LogP contribution in [0.25, 0.3) is 67.3 Å². The largest absolute Gasteiger partial charge is 0.265 e. The van der Waals surface area contributed by atoms with Crippen LogP contribution in [0.4, 0.5) is 0 Å². The minimum atomic E-state index is 0.597. The van der Waals surface area contributed by atoms with Crippen LogP contribution in [-0.2, 0) is 0 Å². The summed E-state index contributed by atoms with van der Waals surface area (Å²) in [7, 11) is 0. The van der Waals surface area contributed by atoms with Crippen molar-refractivity contribution < 1.29 is 0 Å². The molecule has 0 saturated carbocycles. The highest BCUT2D eigenvalue weighted by atomic mass is 79.9. The minimum absolute atomic E-state index is 0.597. The highest BCUT2D eigenvalue weighted by molar-refractivity contribution is 9.10. The maximum Gasteiger partial charge on any atom is 0.164 e. The smallest absolute Gasteiger partial charge is 0.164 e. The van der Waals surface area contributed by atoms with Gasteiger partial charge in [-0.3, -0.25) is 9.97 Å². The van der Waals surface area contributed by atoms with Crippen molar-refractivity contribution >= 4 is 26.8 Å². The molecule has 0 unspecified atom stereocenters. The van der Waals surface area contributed by atoms with E-state index in [1.54, 1.807) is 18.6 Å². The predicted octanol–water partition coefficient (Wildman–Crippen LogP) is 8.91. The highest BCUT2D eigenvalue weighted by Gasteiger charge is 2.15. The summed E-state index contributed by atoms with van der Waals surface area (Å²) in [6, 6.07) is 39.0. The lowest BCUT2D eigenvalue weighted by molar-refractivity contribution is 1.07. The normalized spacial score (nSPS) is 11.0. The molecule has 5 nitrogen and oxygen atoms in total. The highest BCUT2D eigenvalue weighted by Crippen LogP contribution is 2.32. The molecule has 0 fully saturated rings. The predicted molar refractivity (Wildman–Crippen MR) is 168 cm³/mol. The van der Waals surface area contributed by atoms with Crippen molar-refractivity contribution in [2.75, 3.05) is 0 Å². The molecule has 6 heteroatoms. The first-order valence-corrected chi connectivity index (χ1v) is 14.0. The Morgan fingerprint density at radius 3 is 1.80 bits per heavy atom. The number of fused-ring (bicyclic) bond motifs is 1. The first kappa shape index (κ1) is 24.9. The standard InChI is InChI=1S/C35H22BrN5/c36-31-21-29(25-14-17-37-18-15-25)20-30(22-31)35-40-33(26-10-8-24(9-11-26)23-5-2-1-3-6-23)39-34(41-35)28-12-13-32-27(19-28)7-4-16-38-32/h1-22H. The zero-order valence-electron chi connectivity index (χ0n) is 21.8. The SMILES string of the molecule is Brc1cc(-c2ccncc2)cc(-c2nc(-c3ccc(-c4ccccc4)cc3)nc(-c3ccc4ncccc4c3)n2)c1. The average molecular weight is 593 g/mol. The summed E-state index contributed by atoms with van der Waals surface area (Å²) in [6.07, 6.45) is 5.39. The van der Waals surface area contributed by atoms with E-state index < -0.39 is 0 Å². The van der Waals surface area contributed by atoms with Gasteiger partial charge in [0.2, 0.25) is 0 Å². The van der Waals surface area contributed by atoms with Crippen molar-refractivity contribution in [2.45, 2.75) is 0 Å². The van der Waals surface area contributed by atoms with Crippen LogP contribution in [0.1, 0.15) is 0 Å². The Hall–Kier alpha value is -5.07. The molecule has 194 valence electrons. The monoisotopic (exact) mass is 591 g/mol. The Morgan fingerprint density at radius 2 is 1.02 bits per heavy atom. The van der Waals surface area contributed by atoms with Gasteiger partial charge in [-0.15, -0.1) is 0 Å². The van der Waals surface area contributed by atoms with Crippen molar-refractivity contribution in [3.8, 4) is 56.4 Å². The van der Waals surface area contributed by atoms with Gasteiger partial charge in [0.05, 0.1) is 5.52 Å². The van der Waals surface area contributed by atoms with E-state index in [0.717, 1.165) is 48.8 Å². The Labute approximate surface area is 245 Å². The summed E-state index contributed by atoms with van der Waals surface area (Å²) in [6.45, 7) is 0. The summed E-state index contributed by atoms with van der Waals surface area (Å²) in [4.78, 5) is 23.5. The average Bonchev–Trinajstić information content (AvgIpc) is 3.05. The van der Waals surface area contributed by atoms with E-state index in [9.17, 15) is 0 Å². The maximum atomic E-state index is 4.97. The van der Waals surface area contributed by atoms with Crippen LogP contribution in [0.15, 0.2) is 138 Å². The van der Waals surface area contributed by atoms with Gasteiger partial charge in [0.1, 0.15) is 0 Å². The first-order valence-electron chi connectivity index (χ1n) is 13.2. The lowest BCUT2D eigenvalue weighted by Crippen LogP contribution is -2.00. The van der Waals surface area contributed by atoms with Gasteiger partial charge >= 0.3 is 0 Å². The van der Waals surface area contributed by atoms with Crippen LogP contribution in [0.3, 0.4) is 0 Å². The van der Waals surface area contributed by atoms with Crippen LogP contribution >= 0.6 is 15.9 Å². The van der Waals surface area contributed by atoms with Gasteiger partial charge in [-0.05, 0) is 76.9 Å². The third kappa shape index (κ3) is 5.25. The second kappa shape index (κ2) is 10.8. The fourth-order valence-electron chi connectivity index (χ4n) is 4.85. The summed E-state index contributed by atoms with van der Waals surface area (Å²) in [5.74, 6) is 1.81. The second-order valence-corrected chi connectivity index (χ2v) is 10.5. The van der Waals surface area contributed by atoms with Crippen molar-refractivity contribution in [3.63, 3.8) is 0 Å². The molecular formula is C35H22BrN5. The van der Waals surface area contributed by atoms with Crippen LogP contribution in [0.2, 0.25) is 0 Å². The van der Waals surface area contributed by atoms with Gasteiger partial charge in [-0.25, -0.2) is 15.0 Å². The molecule has 3 heterocycles. The zero-order chi connectivity index (χ0) is 27.6. The number of rotatable bonds is 5. The lowest BCUT2D eigenvalue weighted by atomic mass is 10.0. The summed E-state index contributed by atoms with van der Waals surface area (Å²) in [5.41, 5.74) is 8.05. The quantitative estimate of drug-likeness (QED) is 0.200. The number of benzene rings is 4. The Balaban J connectivity index is 1.38. The molecule has 0 radical (unpaired) electrons. The fraction of sp³-hybridized carbons (Fsp3) is 0. The third-order valence-corrected chi connectivity index (χ3v) is 7.37. The van der Waals surface area contributed by atoms with E-state index >= 15 is 0 Å². The zero-order valence-corrected chi connectivity index (χ0v) is 23.4. The number of hydrogen-bond acceptors (Lipinski definition) is 5. The minimum Gasteiger partial charge on any atom is -0.265 e. The Bertz CT molecular complexity index is 1990. The summed E-state index contributed by atoms with van der Waals surface area (Å²) < 4.78 is 0.939. The lowest BCUT2D eigenvalue weighted by Gasteiger charge is -2.11. The Kier molecular flexibility index (Phi) is 6.59. The van der Waals surface area contributed by atoms with Gasteiger partial charge in [-0.1, -0.05) is 76.6 Å². The van der Waals surface area contributed by atoms with Crippen LogP contribution in [-0.4, -0.2) is 24.9 Å². The molecule has 0 aliphatic carbocycles. The number of hydrogen-bond donors (Lipinski definition) is 0. The van der Waals surface area contributed by atoms with Crippen molar-refractivity contribution in [1.29, 1.82) is 0 Å². The van der Waals surface area contributed by atoms with Gasteiger partial charge < -0.3 is 0 Å². The van der Waals surface area contributed by atoms with Crippen LogP contribution < -0.4 is 0 Å². The number of pyridine rings is 2. The molecule has 0 spiro atoms. The van der Waals surface area contributed by atoms with Crippen LogP contribution in [0.5, 0.6) is 0 Å². The van der Waals surface area contributed by atoms with E-state index in [1.807, 2.05) is 60.7 Å². The van der Waals surface area contributed by atoms with E-state index in [-0.39, 0.29) is 0 Å². The molecule has 0 bridgehead atoms. The van der Waals surface area contributed by atoms with E-state index in [2.05, 4.69) is 80.5 Å². The molecular weight excluding hydrogens is 570 g/mol. The van der Waals surface area contributed by atoms with Gasteiger partial charge in [-0.2, -0.15) is 0 Å². The van der Waals surface area contributed by atoms with Crippen molar-refractivity contribution in [2.24, 2.45) is 0 Å². The molecule has 41 heavy (non-hydrogen) atoms. The first-order chi connectivity index (χ1) is 20.2. The number of aromatic nitrogens is 5. The fourth-order valence-corrected chi connectivity index (χ4v) is 5.34. The maximum absolute atomic E-state index is 4.97. The Morgan fingerprint density at radius 1 is 0.415 bits per heavy atom. The van der Waals surface area contributed by atoms with E-state index in [4.69, 9.17) is 15.0 Å². The molecule has 0 aliphatic heterocycles. The molecule has 7 rings (SSSR count). The second-order valence-electron chi connectivity index (χ2n) is 9.62. The molecule has 0 atom stereocenters. The molecule has 4 aromatic carbocycles. The molecule has 0 aliphatic rings. The van der Waals surface area contributed by atoms with Gasteiger partial charge in [0.15, 0.2) is 17.5 Å². The van der Waals surface area contributed by atoms with E-state index in [0.29, 0.717) is 17.5 Å². The van der Waals surface area contributed by atoms with Crippen molar-refractivity contribution in [1.82, 2.24) is 24.9 Å². The molecule has 0 saturated heterocycles. The third-order valence-electron chi connectivity index (χ3n) is 6.92. The summed E-state index contributed by atoms with van der Waals surface area (Å²) in [5, 5.41) is 1.03. The molecule has 7 aromatic rings. The number of nitrogens with zero attached hydrogens (tertiary/aromatic N) is 5. The van der Waals surface area contributed by atoms with Gasteiger partial charge in [0.25, 0.3) is 0 Å².